The van der Waals surface area contributed by atoms with Crippen LogP contribution in [0.1, 0.15) is 12.5 Å². The molecule has 0 bridgehead atoms. The van der Waals surface area contributed by atoms with Gasteiger partial charge in [0.1, 0.15) is 5.75 Å². The van der Waals surface area contributed by atoms with Crippen molar-refractivity contribution < 1.29 is 9.53 Å². The van der Waals surface area contributed by atoms with Crippen LogP contribution in [0.4, 0.5) is 5.69 Å². The van der Waals surface area contributed by atoms with Crippen LogP contribution < -0.4 is 10.1 Å². The third kappa shape index (κ3) is 4.14. The number of hydrogen-bond donors (Lipinski definition) is 1. The average Bonchev–Trinajstić information content (AvgIpc) is 2.51. The number of ether oxygens (including phenoxy) is 1. The Morgan fingerprint density at radius 3 is 2.68 bits per heavy atom. The van der Waals surface area contributed by atoms with Gasteiger partial charge >= 0.3 is 0 Å². The van der Waals surface area contributed by atoms with Crippen molar-refractivity contribution in [2.45, 2.75) is 13.0 Å². The van der Waals surface area contributed by atoms with Crippen molar-refractivity contribution in [2.24, 2.45) is 0 Å². The van der Waals surface area contributed by atoms with E-state index in [0.717, 1.165) is 0 Å². The number of amides is 1. The summed E-state index contributed by atoms with van der Waals surface area (Å²) in [6.45, 7) is 1.62. The third-order valence-electron chi connectivity index (χ3n) is 2.83. The molecule has 0 spiro atoms. The Morgan fingerprint density at radius 2 is 2.00 bits per heavy atom. The molecule has 0 radical (unpaired) electrons. The smallest absolute Gasteiger partial charge is 0.265 e. The fourth-order valence-electron chi connectivity index (χ4n) is 1.72. The van der Waals surface area contributed by atoms with Crippen molar-refractivity contribution in [3.63, 3.8) is 0 Å². The number of benzene rings is 2. The molecule has 0 saturated carbocycles. The summed E-state index contributed by atoms with van der Waals surface area (Å²) in [4.78, 5) is 12.1. The molecule has 1 amide bonds. The van der Waals surface area contributed by atoms with E-state index in [9.17, 15) is 4.79 Å². The molecule has 1 atom stereocenters. The molecule has 4 nitrogen and oxygen atoms in total. The molecule has 0 aliphatic heterocycles. The van der Waals surface area contributed by atoms with Gasteiger partial charge in [-0.15, -0.1) is 0 Å². The van der Waals surface area contributed by atoms with Gasteiger partial charge < -0.3 is 10.1 Å². The van der Waals surface area contributed by atoms with Crippen molar-refractivity contribution in [3.8, 4) is 11.8 Å². The van der Waals surface area contributed by atoms with E-state index in [-0.39, 0.29) is 5.91 Å². The van der Waals surface area contributed by atoms with Gasteiger partial charge in [0.05, 0.1) is 21.7 Å². The van der Waals surface area contributed by atoms with Gasteiger partial charge in [0, 0.05) is 11.8 Å². The van der Waals surface area contributed by atoms with Gasteiger partial charge in [-0.2, -0.15) is 5.26 Å². The van der Waals surface area contributed by atoms with Crippen molar-refractivity contribution in [2.75, 3.05) is 5.32 Å². The number of anilines is 1. The number of carbonyl (C=O) groups is 1. The molecule has 2 rings (SSSR count). The number of hydrogen-bond acceptors (Lipinski definition) is 3. The van der Waals surface area contributed by atoms with Crippen LogP contribution in [-0.4, -0.2) is 12.0 Å². The highest BCUT2D eigenvalue weighted by Crippen LogP contribution is 2.27. The van der Waals surface area contributed by atoms with E-state index in [1.54, 1.807) is 49.4 Å². The zero-order valence-corrected chi connectivity index (χ0v) is 13.2. The molecule has 2 aromatic carbocycles. The highest BCUT2D eigenvalue weighted by molar-refractivity contribution is 6.42. The third-order valence-corrected chi connectivity index (χ3v) is 3.57. The van der Waals surface area contributed by atoms with E-state index in [1.165, 1.54) is 0 Å². The zero-order chi connectivity index (χ0) is 16.1. The summed E-state index contributed by atoms with van der Waals surface area (Å²) in [5, 5.41) is 12.3. The summed E-state index contributed by atoms with van der Waals surface area (Å²) >= 11 is 11.7. The highest BCUT2D eigenvalue weighted by Gasteiger charge is 2.15. The van der Waals surface area contributed by atoms with E-state index in [2.05, 4.69) is 5.32 Å². The molecule has 1 N–H and O–H groups in total. The second kappa shape index (κ2) is 7.17. The molecule has 0 aromatic heterocycles. The molecule has 0 aliphatic carbocycles. The summed E-state index contributed by atoms with van der Waals surface area (Å²) in [7, 11) is 0. The fourth-order valence-corrected chi connectivity index (χ4v) is 2.01. The highest BCUT2D eigenvalue weighted by atomic mass is 35.5. The molecular formula is C16H12Cl2N2O2. The Labute approximate surface area is 138 Å². The van der Waals surface area contributed by atoms with Gasteiger partial charge in [-0.25, -0.2) is 0 Å². The topological polar surface area (TPSA) is 62.1 Å². The Morgan fingerprint density at radius 1 is 1.23 bits per heavy atom. The minimum absolute atomic E-state index is 0.332. The summed E-state index contributed by atoms with van der Waals surface area (Å²) in [6, 6.07) is 13.4. The predicted octanol–water partition coefficient (Wildman–Crippen LogP) is 4.27. The molecule has 2 aromatic rings. The van der Waals surface area contributed by atoms with Crippen molar-refractivity contribution >= 4 is 34.8 Å². The molecule has 0 heterocycles. The maximum absolute atomic E-state index is 12.1. The molecule has 0 fully saturated rings. The Hall–Kier alpha value is -2.22. The minimum Gasteiger partial charge on any atom is -0.481 e. The van der Waals surface area contributed by atoms with Gasteiger partial charge in [0.25, 0.3) is 5.91 Å². The predicted molar refractivity (Wildman–Crippen MR) is 86.3 cm³/mol. The second-order valence-electron chi connectivity index (χ2n) is 4.52. The Balaban J connectivity index is 2.02. The van der Waals surface area contributed by atoms with Crippen molar-refractivity contribution in [3.05, 3.63) is 58.1 Å². The number of nitriles is 1. The molecular weight excluding hydrogens is 323 g/mol. The standard InChI is InChI=1S/C16H12Cl2N2O2/c1-10(22-13-5-6-14(17)15(18)8-13)16(21)20-12-4-2-3-11(7-12)9-19/h2-8,10H,1H3,(H,20,21). The quantitative estimate of drug-likeness (QED) is 0.907. The average molecular weight is 335 g/mol. The molecule has 22 heavy (non-hydrogen) atoms. The molecule has 1 unspecified atom stereocenters. The number of nitrogens with zero attached hydrogens (tertiary/aromatic N) is 1. The maximum atomic E-state index is 12.1. The first kappa shape index (κ1) is 16.2. The van der Waals surface area contributed by atoms with Crippen LogP contribution in [0.5, 0.6) is 5.75 Å². The zero-order valence-electron chi connectivity index (χ0n) is 11.6. The van der Waals surface area contributed by atoms with Crippen LogP contribution in [0.2, 0.25) is 10.0 Å². The monoisotopic (exact) mass is 334 g/mol. The minimum atomic E-state index is -0.733. The Kier molecular flexibility index (Phi) is 5.26. The lowest BCUT2D eigenvalue weighted by molar-refractivity contribution is -0.122. The van der Waals surface area contributed by atoms with Crippen LogP contribution in [-0.2, 0) is 4.79 Å². The molecule has 0 saturated heterocycles. The van der Waals surface area contributed by atoms with E-state index in [1.807, 2.05) is 6.07 Å². The number of nitrogens with one attached hydrogen (secondary N) is 1. The summed E-state index contributed by atoms with van der Waals surface area (Å²) in [5.74, 6) is 0.115. The first-order chi connectivity index (χ1) is 10.5. The van der Waals surface area contributed by atoms with Crippen LogP contribution in [0.3, 0.4) is 0 Å². The fraction of sp³-hybridized carbons (Fsp3) is 0.125. The van der Waals surface area contributed by atoms with Crippen molar-refractivity contribution in [1.82, 2.24) is 0 Å². The van der Waals surface area contributed by atoms with Crippen molar-refractivity contribution in [1.29, 1.82) is 5.26 Å². The summed E-state index contributed by atoms with van der Waals surface area (Å²) in [6.07, 6.45) is -0.733. The van der Waals surface area contributed by atoms with Crippen LogP contribution >= 0.6 is 23.2 Å². The molecule has 0 aliphatic rings. The van der Waals surface area contributed by atoms with Gasteiger partial charge in [-0.05, 0) is 37.3 Å². The first-order valence-electron chi connectivity index (χ1n) is 6.42. The maximum Gasteiger partial charge on any atom is 0.265 e. The van der Waals surface area contributed by atoms with Crippen LogP contribution in [0.15, 0.2) is 42.5 Å². The van der Waals surface area contributed by atoms with Crippen LogP contribution in [0, 0.1) is 11.3 Å². The van der Waals surface area contributed by atoms with E-state index in [0.29, 0.717) is 27.0 Å². The van der Waals surface area contributed by atoms with Gasteiger partial charge in [-0.1, -0.05) is 29.3 Å². The SMILES string of the molecule is CC(Oc1ccc(Cl)c(Cl)c1)C(=O)Nc1cccc(C#N)c1. The second-order valence-corrected chi connectivity index (χ2v) is 5.33. The molecule has 112 valence electrons. The van der Waals surface area contributed by atoms with Gasteiger partial charge in [0.2, 0.25) is 0 Å². The summed E-state index contributed by atoms with van der Waals surface area (Å²) < 4.78 is 5.52. The Bertz CT molecular complexity index is 741. The van der Waals surface area contributed by atoms with E-state index >= 15 is 0 Å². The lowest BCUT2D eigenvalue weighted by Crippen LogP contribution is -2.30. The number of carbonyl (C=O) groups excluding carboxylic acids is 1. The van der Waals surface area contributed by atoms with Gasteiger partial charge in [0.15, 0.2) is 6.10 Å². The number of rotatable bonds is 4. The van der Waals surface area contributed by atoms with Gasteiger partial charge in [-0.3, -0.25) is 4.79 Å². The largest absolute Gasteiger partial charge is 0.481 e. The lowest BCUT2D eigenvalue weighted by Gasteiger charge is -2.15. The lowest BCUT2D eigenvalue weighted by atomic mass is 10.2. The number of halogens is 2. The van der Waals surface area contributed by atoms with Crippen LogP contribution in [0.25, 0.3) is 0 Å². The van der Waals surface area contributed by atoms with E-state index in [4.69, 9.17) is 33.2 Å². The normalized spacial score (nSPS) is 11.4. The first-order valence-corrected chi connectivity index (χ1v) is 7.18. The summed E-state index contributed by atoms with van der Waals surface area (Å²) in [5.41, 5.74) is 1.00. The van der Waals surface area contributed by atoms with E-state index < -0.39 is 6.10 Å². The molecule has 6 heteroatoms.